The lowest BCUT2D eigenvalue weighted by atomic mass is 10.1. The van der Waals surface area contributed by atoms with Crippen LogP contribution in [0.1, 0.15) is 24.4 Å². The fraction of sp³-hybridized carbons (Fsp3) is 0.333. The quantitative estimate of drug-likeness (QED) is 0.704. The molecule has 1 saturated heterocycles. The third kappa shape index (κ3) is 1.66. The summed E-state index contributed by atoms with van der Waals surface area (Å²) in [6.45, 7) is 0. The molecule has 1 aliphatic heterocycles. The minimum absolute atomic E-state index is 0.0225. The Morgan fingerprint density at radius 1 is 1.54 bits per heavy atom. The van der Waals surface area contributed by atoms with E-state index in [-0.39, 0.29) is 17.8 Å². The lowest BCUT2D eigenvalue weighted by Crippen LogP contribution is -2.18. The predicted octanol–water partition coefficient (Wildman–Crippen LogP) is 1.17. The van der Waals surface area contributed by atoms with Crippen molar-refractivity contribution in [2.45, 2.75) is 18.9 Å². The average molecular weight is 180 g/mol. The maximum Gasteiger partial charge on any atom is 0.220 e. The predicted molar refractivity (Wildman–Crippen MR) is 44.3 cm³/mol. The van der Waals surface area contributed by atoms with Gasteiger partial charge in [0.2, 0.25) is 5.91 Å². The molecule has 1 N–H and O–H groups in total. The van der Waals surface area contributed by atoms with Crippen molar-refractivity contribution < 1.29 is 9.18 Å². The van der Waals surface area contributed by atoms with Gasteiger partial charge in [-0.1, -0.05) is 0 Å². The van der Waals surface area contributed by atoms with Crippen LogP contribution in [0, 0.1) is 5.82 Å². The molecule has 0 radical (unpaired) electrons. The molecule has 1 unspecified atom stereocenters. The highest BCUT2D eigenvalue weighted by Crippen LogP contribution is 2.22. The molecule has 1 amide bonds. The normalized spacial score (nSPS) is 21.6. The molecule has 0 aromatic carbocycles. The van der Waals surface area contributed by atoms with E-state index in [4.69, 9.17) is 0 Å². The van der Waals surface area contributed by atoms with Crippen LogP contribution in [0.3, 0.4) is 0 Å². The van der Waals surface area contributed by atoms with Crippen LogP contribution in [0.2, 0.25) is 0 Å². The fourth-order valence-corrected chi connectivity index (χ4v) is 1.48. The zero-order valence-corrected chi connectivity index (χ0v) is 6.96. The Hall–Kier alpha value is -1.45. The maximum atomic E-state index is 12.7. The summed E-state index contributed by atoms with van der Waals surface area (Å²) in [5.41, 5.74) is 0.742. The molecule has 2 heterocycles. The van der Waals surface area contributed by atoms with Crippen LogP contribution in [0.4, 0.5) is 4.39 Å². The van der Waals surface area contributed by atoms with Crippen molar-refractivity contribution in [3.8, 4) is 0 Å². The topological polar surface area (TPSA) is 42.0 Å². The van der Waals surface area contributed by atoms with E-state index in [0.717, 1.165) is 18.2 Å². The molecular weight excluding hydrogens is 171 g/mol. The van der Waals surface area contributed by atoms with Gasteiger partial charge in [-0.25, -0.2) is 4.39 Å². The third-order valence-corrected chi connectivity index (χ3v) is 2.12. The molecule has 0 spiro atoms. The molecule has 68 valence electrons. The zero-order chi connectivity index (χ0) is 9.26. The zero-order valence-electron chi connectivity index (χ0n) is 6.96. The van der Waals surface area contributed by atoms with Crippen LogP contribution in [0.5, 0.6) is 0 Å². The van der Waals surface area contributed by atoms with E-state index in [1.807, 2.05) is 0 Å². The van der Waals surface area contributed by atoms with Gasteiger partial charge in [0.05, 0.1) is 12.2 Å². The first-order chi connectivity index (χ1) is 6.25. The van der Waals surface area contributed by atoms with Gasteiger partial charge >= 0.3 is 0 Å². The van der Waals surface area contributed by atoms with Crippen molar-refractivity contribution in [3.05, 3.63) is 29.8 Å². The number of aromatic nitrogens is 1. The summed E-state index contributed by atoms with van der Waals surface area (Å²) in [6.07, 6.45) is 3.98. The van der Waals surface area contributed by atoms with Crippen LogP contribution >= 0.6 is 0 Å². The van der Waals surface area contributed by atoms with E-state index < -0.39 is 0 Å². The first kappa shape index (κ1) is 8.16. The average Bonchev–Trinajstić information content (AvgIpc) is 2.52. The van der Waals surface area contributed by atoms with Gasteiger partial charge in [0.25, 0.3) is 0 Å². The number of nitrogens with one attached hydrogen (secondary N) is 1. The molecule has 2 rings (SSSR count). The van der Waals surface area contributed by atoms with Crippen LogP contribution < -0.4 is 5.32 Å². The fourth-order valence-electron chi connectivity index (χ4n) is 1.48. The lowest BCUT2D eigenvalue weighted by molar-refractivity contribution is -0.119. The molecule has 0 saturated carbocycles. The Morgan fingerprint density at radius 3 is 3.00 bits per heavy atom. The van der Waals surface area contributed by atoms with Gasteiger partial charge in [0.15, 0.2) is 0 Å². The second kappa shape index (κ2) is 3.12. The van der Waals surface area contributed by atoms with E-state index in [1.54, 1.807) is 6.20 Å². The van der Waals surface area contributed by atoms with E-state index in [2.05, 4.69) is 10.3 Å². The Labute approximate surface area is 75.0 Å². The number of hydrogen-bond acceptors (Lipinski definition) is 2. The van der Waals surface area contributed by atoms with Crippen molar-refractivity contribution in [3.63, 3.8) is 0 Å². The number of rotatable bonds is 1. The second-order valence-electron chi connectivity index (χ2n) is 3.10. The highest BCUT2D eigenvalue weighted by molar-refractivity contribution is 5.78. The van der Waals surface area contributed by atoms with Crippen molar-refractivity contribution in [2.24, 2.45) is 0 Å². The molecule has 4 heteroatoms. The molecule has 1 aliphatic rings. The Bertz CT molecular complexity index is 340. The van der Waals surface area contributed by atoms with Gasteiger partial charge in [0, 0.05) is 12.6 Å². The summed E-state index contributed by atoms with van der Waals surface area (Å²) >= 11 is 0. The summed E-state index contributed by atoms with van der Waals surface area (Å²) in [4.78, 5) is 14.6. The minimum Gasteiger partial charge on any atom is -0.349 e. The highest BCUT2D eigenvalue weighted by Gasteiger charge is 2.22. The van der Waals surface area contributed by atoms with Gasteiger partial charge in [-0.05, 0) is 18.1 Å². The van der Waals surface area contributed by atoms with Gasteiger partial charge < -0.3 is 5.32 Å². The number of amides is 1. The number of carbonyl (C=O) groups excluding carboxylic acids is 1. The molecule has 1 aromatic heterocycles. The number of hydrogen-bond donors (Lipinski definition) is 1. The van der Waals surface area contributed by atoms with Crippen molar-refractivity contribution in [1.29, 1.82) is 0 Å². The monoisotopic (exact) mass is 180 g/mol. The van der Waals surface area contributed by atoms with Crippen LogP contribution in [0.15, 0.2) is 18.5 Å². The smallest absolute Gasteiger partial charge is 0.220 e. The van der Waals surface area contributed by atoms with E-state index in [1.165, 1.54) is 6.07 Å². The SMILES string of the molecule is O=C1CCC(c2cncc(F)c2)N1. The number of carbonyl (C=O) groups is 1. The summed E-state index contributed by atoms with van der Waals surface area (Å²) in [7, 11) is 0. The number of pyridine rings is 1. The first-order valence-electron chi connectivity index (χ1n) is 4.15. The number of nitrogens with zero attached hydrogens (tertiary/aromatic N) is 1. The lowest BCUT2D eigenvalue weighted by Gasteiger charge is -2.08. The van der Waals surface area contributed by atoms with E-state index in [9.17, 15) is 9.18 Å². The Kier molecular flexibility index (Phi) is 1.96. The molecule has 0 bridgehead atoms. The molecule has 1 atom stereocenters. The second-order valence-corrected chi connectivity index (χ2v) is 3.10. The van der Waals surface area contributed by atoms with Crippen molar-refractivity contribution in [1.82, 2.24) is 10.3 Å². The molecule has 13 heavy (non-hydrogen) atoms. The highest BCUT2D eigenvalue weighted by atomic mass is 19.1. The summed E-state index contributed by atoms with van der Waals surface area (Å²) in [6, 6.07) is 1.35. The summed E-state index contributed by atoms with van der Waals surface area (Å²) < 4.78 is 12.7. The van der Waals surface area contributed by atoms with Crippen LogP contribution in [-0.4, -0.2) is 10.9 Å². The van der Waals surface area contributed by atoms with Crippen molar-refractivity contribution in [2.75, 3.05) is 0 Å². The van der Waals surface area contributed by atoms with Gasteiger partial charge in [-0.15, -0.1) is 0 Å². The maximum absolute atomic E-state index is 12.7. The standard InChI is InChI=1S/C9H9FN2O/c10-7-3-6(4-11-5-7)8-1-2-9(13)12-8/h3-5,8H,1-2H2,(H,12,13). The van der Waals surface area contributed by atoms with E-state index >= 15 is 0 Å². The summed E-state index contributed by atoms with van der Waals surface area (Å²) in [5.74, 6) is -0.340. The van der Waals surface area contributed by atoms with Gasteiger partial charge in [-0.3, -0.25) is 9.78 Å². The van der Waals surface area contributed by atoms with Gasteiger partial charge in [0.1, 0.15) is 5.82 Å². The minimum atomic E-state index is -0.362. The van der Waals surface area contributed by atoms with Crippen LogP contribution in [0.25, 0.3) is 0 Å². The number of halogens is 1. The molecule has 3 nitrogen and oxygen atoms in total. The Balaban J connectivity index is 2.21. The molecule has 1 aromatic rings. The molecule has 1 fully saturated rings. The Morgan fingerprint density at radius 2 is 2.38 bits per heavy atom. The first-order valence-corrected chi connectivity index (χ1v) is 4.15. The summed E-state index contributed by atoms with van der Waals surface area (Å²) in [5, 5.41) is 2.75. The van der Waals surface area contributed by atoms with E-state index in [0.29, 0.717) is 6.42 Å². The molecular formula is C9H9FN2O. The molecule has 0 aliphatic carbocycles. The van der Waals surface area contributed by atoms with Crippen molar-refractivity contribution >= 4 is 5.91 Å². The van der Waals surface area contributed by atoms with Crippen LogP contribution in [-0.2, 0) is 4.79 Å². The van der Waals surface area contributed by atoms with Gasteiger partial charge in [-0.2, -0.15) is 0 Å². The largest absolute Gasteiger partial charge is 0.349 e. The third-order valence-electron chi connectivity index (χ3n) is 2.12.